The number of hydrogen-bond donors (Lipinski definition) is 1. The van der Waals surface area contributed by atoms with Crippen molar-refractivity contribution in [1.29, 1.82) is 0 Å². The molecule has 0 aromatic carbocycles. The summed E-state index contributed by atoms with van der Waals surface area (Å²) in [4.78, 5) is 12.0. The van der Waals surface area contributed by atoms with E-state index in [1.54, 1.807) is 0 Å². The van der Waals surface area contributed by atoms with Crippen LogP contribution in [-0.4, -0.2) is 37.0 Å². The van der Waals surface area contributed by atoms with Crippen molar-refractivity contribution >= 4 is 5.97 Å². The second kappa shape index (κ2) is 36.6. The van der Waals surface area contributed by atoms with Gasteiger partial charge in [-0.15, -0.1) is 0 Å². The Bertz CT molecular complexity index is 509. The van der Waals surface area contributed by atoms with E-state index in [1.807, 2.05) is 0 Å². The normalized spacial score (nSPS) is 12.2. The van der Waals surface area contributed by atoms with E-state index in [9.17, 15) is 9.90 Å². The molecule has 0 spiro atoms. The highest BCUT2D eigenvalue weighted by Gasteiger charge is 2.13. The molecule has 252 valence electrons. The average molecular weight is 597 g/mol. The highest BCUT2D eigenvalue weighted by molar-refractivity contribution is 5.69. The molecule has 1 atom stereocenters. The smallest absolute Gasteiger partial charge is 0.306 e. The second-order valence-corrected chi connectivity index (χ2v) is 13.0. The number of carbonyl (C=O) groups is 1. The zero-order chi connectivity index (χ0) is 30.6. The van der Waals surface area contributed by atoms with Crippen LogP contribution >= 0.6 is 0 Å². The fourth-order valence-electron chi connectivity index (χ4n) is 5.80. The lowest BCUT2D eigenvalue weighted by atomic mass is 10.0. The van der Waals surface area contributed by atoms with Crippen molar-refractivity contribution in [2.75, 3.05) is 19.8 Å². The number of esters is 1. The third-order valence-electron chi connectivity index (χ3n) is 8.68. The lowest BCUT2D eigenvalue weighted by Gasteiger charge is -2.15. The predicted octanol–water partition coefficient (Wildman–Crippen LogP) is 12.0. The molecule has 0 aliphatic rings. The third kappa shape index (κ3) is 33.9. The summed E-state index contributed by atoms with van der Waals surface area (Å²) in [6.45, 7) is 5.34. The molecule has 0 saturated carbocycles. The number of hydrogen-bond acceptors (Lipinski definition) is 4. The minimum Gasteiger partial charge on any atom is -0.457 e. The van der Waals surface area contributed by atoms with Gasteiger partial charge in [-0.2, -0.15) is 0 Å². The molecule has 0 amide bonds. The molecule has 4 nitrogen and oxygen atoms in total. The lowest BCUT2D eigenvalue weighted by molar-refractivity contribution is -0.154. The van der Waals surface area contributed by atoms with Crippen LogP contribution in [0.15, 0.2) is 0 Å². The zero-order valence-corrected chi connectivity index (χ0v) is 28.8. The maximum absolute atomic E-state index is 12.0. The molecule has 4 heteroatoms. The first-order valence-electron chi connectivity index (χ1n) is 19.1. The van der Waals surface area contributed by atoms with Crippen molar-refractivity contribution in [3.8, 4) is 0 Å². The second-order valence-electron chi connectivity index (χ2n) is 13.0. The monoisotopic (exact) mass is 597 g/mol. The quantitative estimate of drug-likeness (QED) is 0.0577. The van der Waals surface area contributed by atoms with Gasteiger partial charge >= 0.3 is 5.97 Å². The Hall–Kier alpha value is -0.610. The van der Waals surface area contributed by atoms with Gasteiger partial charge < -0.3 is 14.6 Å². The predicted molar refractivity (Wildman–Crippen MR) is 182 cm³/mol. The van der Waals surface area contributed by atoms with Gasteiger partial charge in [-0.3, -0.25) is 4.79 Å². The Morgan fingerprint density at radius 1 is 0.476 bits per heavy atom. The highest BCUT2D eigenvalue weighted by atomic mass is 16.6. The Morgan fingerprint density at radius 3 is 1.12 bits per heavy atom. The van der Waals surface area contributed by atoms with Gasteiger partial charge in [0.1, 0.15) is 6.10 Å². The molecule has 0 radical (unpaired) electrons. The van der Waals surface area contributed by atoms with Gasteiger partial charge in [0.15, 0.2) is 0 Å². The Labute approximate surface area is 263 Å². The number of unbranched alkanes of at least 4 members (excludes halogenated alkanes) is 28. The molecule has 0 aromatic rings. The average Bonchev–Trinajstić information content (AvgIpc) is 3.00. The summed E-state index contributed by atoms with van der Waals surface area (Å²) in [7, 11) is 0. The van der Waals surface area contributed by atoms with Crippen LogP contribution in [-0.2, 0) is 14.3 Å². The summed E-state index contributed by atoms with van der Waals surface area (Å²) in [5.74, 6) is -0.203. The number of ether oxygens (including phenoxy) is 2. The summed E-state index contributed by atoms with van der Waals surface area (Å²) in [6, 6.07) is 0. The lowest BCUT2D eigenvalue weighted by Crippen LogP contribution is -2.27. The van der Waals surface area contributed by atoms with E-state index in [0.717, 1.165) is 19.3 Å². The van der Waals surface area contributed by atoms with Crippen LogP contribution in [0.1, 0.15) is 213 Å². The van der Waals surface area contributed by atoms with E-state index >= 15 is 0 Å². The van der Waals surface area contributed by atoms with Crippen LogP contribution in [0.3, 0.4) is 0 Å². The summed E-state index contributed by atoms with van der Waals surface area (Å²) in [5.41, 5.74) is 0. The summed E-state index contributed by atoms with van der Waals surface area (Å²) >= 11 is 0. The fraction of sp³-hybridized carbons (Fsp3) is 0.974. The fourth-order valence-corrected chi connectivity index (χ4v) is 5.80. The first-order chi connectivity index (χ1) is 20.7. The Morgan fingerprint density at radius 2 is 0.786 bits per heavy atom. The summed E-state index contributed by atoms with van der Waals surface area (Å²) in [5, 5.41) is 9.50. The van der Waals surface area contributed by atoms with Gasteiger partial charge in [0, 0.05) is 13.0 Å². The van der Waals surface area contributed by atoms with E-state index in [4.69, 9.17) is 9.47 Å². The maximum Gasteiger partial charge on any atom is 0.306 e. The molecule has 0 bridgehead atoms. The van der Waals surface area contributed by atoms with Crippen LogP contribution < -0.4 is 0 Å². The van der Waals surface area contributed by atoms with E-state index in [2.05, 4.69) is 13.8 Å². The van der Waals surface area contributed by atoms with Crippen molar-refractivity contribution in [3.05, 3.63) is 0 Å². The molecular weight excluding hydrogens is 520 g/mol. The standard InChI is InChI=1S/C38H76O4/c1-3-5-7-9-11-12-13-14-15-16-17-18-19-20-21-22-23-24-25-26-28-30-32-34-41-36-37(35-39)42-38(40)33-31-29-27-10-8-6-4-2/h37,39H,3-36H2,1-2H3. The van der Waals surface area contributed by atoms with Gasteiger partial charge in [0.2, 0.25) is 0 Å². The molecule has 0 rings (SSSR count). The Kier molecular flexibility index (Phi) is 36.0. The first-order valence-corrected chi connectivity index (χ1v) is 19.1. The summed E-state index contributed by atoms with van der Waals surface area (Å²) < 4.78 is 11.1. The zero-order valence-electron chi connectivity index (χ0n) is 28.8. The van der Waals surface area contributed by atoms with Gasteiger partial charge in [0.05, 0.1) is 13.2 Å². The minimum atomic E-state index is -0.522. The van der Waals surface area contributed by atoms with Crippen LogP contribution in [0.2, 0.25) is 0 Å². The molecule has 42 heavy (non-hydrogen) atoms. The van der Waals surface area contributed by atoms with Gasteiger partial charge in [0.25, 0.3) is 0 Å². The minimum absolute atomic E-state index is 0.165. The Balaban J connectivity index is 3.28. The molecule has 1 N–H and O–H groups in total. The largest absolute Gasteiger partial charge is 0.457 e. The van der Waals surface area contributed by atoms with Crippen molar-refractivity contribution in [2.45, 2.75) is 219 Å². The SMILES string of the molecule is CCCCCCCCCCCCCCCCCCCCCCCCCOCC(CO)OC(=O)CCCCCCCCC. The number of aliphatic hydroxyl groups is 1. The third-order valence-corrected chi connectivity index (χ3v) is 8.68. The van der Waals surface area contributed by atoms with E-state index in [1.165, 1.54) is 173 Å². The molecular formula is C38H76O4. The van der Waals surface area contributed by atoms with Crippen LogP contribution in [0.25, 0.3) is 0 Å². The van der Waals surface area contributed by atoms with Crippen molar-refractivity contribution in [1.82, 2.24) is 0 Å². The number of carbonyl (C=O) groups excluding carboxylic acids is 1. The molecule has 0 aliphatic carbocycles. The molecule has 0 aromatic heterocycles. The molecule has 0 heterocycles. The topological polar surface area (TPSA) is 55.8 Å². The summed E-state index contributed by atoms with van der Waals surface area (Å²) in [6.07, 6.45) is 40.3. The highest BCUT2D eigenvalue weighted by Crippen LogP contribution is 2.16. The van der Waals surface area contributed by atoms with Crippen LogP contribution in [0.4, 0.5) is 0 Å². The van der Waals surface area contributed by atoms with E-state index in [-0.39, 0.29) is 12.6 Å². The number of aliphatic hydroxyl groups excluding tert-OH is 1. The molecule has 0 saturated heterocycles. The van der Waals surface area contributed by atoms with Crippen molar-refractivity contribution in [3.63, 3.8) is 0 Å². The van der Waals surface area contributed by atoms with Gasteiger partial charge in [-0.1, -0.05) is 194 Å². The van der Waals surface area contributed by atoms with E-state index < -0.39 is 6.10 Å². The first kappa shape index (κ1) is 41.4. The van der Waals surface area contributed by atoms with E-state index in [0.29, 0.717) is 19.6 Å². The van der Waals surface area contributed by atoms with Gasteiger partial charge in [-0.25, -0.2) is 0 Å². The molecule has 0 fully saturated rings. The number of rotatable bonds is 36. The van der Waals surface area contributed by atoms with Crippen LogP contribution in [0.5, 0.6) is 0 Å². The molecule has 1 unspecified atom stereocenters. The van der Waals surface area contributed by atoms with Crippen molar-refractivity contribution in [2.24, 2.45) is 0 Å². The van der Waals surface area contributed by atoms with Crippen molar-refractivity contribution < 1.29 is 19.4 Å². The van der Waals surface area contributed by atoms with Gasteiger partial charge in [-0.05, 0) is 12.8 Å². The maximum atomic E-state index is 12.0. The molecule has 0 aliphatic heterocycles. The van der Waals surface area contributed by atoms with Crippen LogP contribution in [0, 0.1) is 0 Å².